The Hall–Kier alpha value is -3.64. The number of hydrogen-bond acceptors (Lipinski definition) is 6. The molecule has 0 N–H and O–H groups in total. The molecule has 0 aromatic heterocycles. The Balaban J connectivity index is 1.63. The predicted octanol–water partition coefficient (Wildman–Crippen LogP) is 5.10. The highest BCUT2D eigenvalue weighted by molar-refractivity contribution is 6.17. The fraction of sp³-hybridized carbons (Fsp3) is 0.0870. The normalized spacial score (nSPS) is 11.9. The Morgan fingerprint density at radius 1 is 0.733 bits per heavy atom. The fourth-order valence-corrected chi connectivity index (χ4v) is 3.54. The quantitative estimate of drug-likeness (QED) is 0.330. The fourth-order valence-electron chi connectivity index (χ4n) is 3.45. The summed E-state index contributed by atoms with van der Waals surface area (Å²) < 4.78 is 14.8. The number of fused-ring (bicyclic) bond motifs is 3. The minimum Gasteiger partial charge on any atom is -0.449 e. The van der Waals surface area contributed by atoms with Crippen molar-refractivity contribution in [3.63, 3.8) is 0 Å². The highest BCUT2D eigenvalue weighted by Crippen LogP contribution is 2.45. The van der Waals surface area contributed by atoms with E-state index in [0.717, 1.165) is 22.3 Å². The van der Waals surface area contributed by atoms with E-state index in [0.29, 0.717) is 0 Å². The molecule has 0 heterocycles. The highest BCUT2D eigenvalue weighted by atomic mass is 35.5. The number of hydrogen-bond donors (Lipinski definition) is 0. The molecule has 30 heavy (non-hydrogen) atoms. The van der Waals surface area contributed by atoms with E-state index in [4.69, 9.17) is 16.3 Å². The van der Waals surface area contributed by atoms with Gasteiger partial charge in [0.25, 0.3) is 0 Å². The predicted molar refractivity (Wildman–Crippen MR) is 108 cm³/mol. The van der Waals surface area contributed by atoms with Crippen LogP contribution in [-0.2, 0) is 14.2 Å². The molecule has 150 valence electrons. The van der Waals surface area contributed by atoms with Crippen LogP contribution in [0.15, 0.2) is 72.8 Å². The highest BCUT2D eigenvalue weighted by Gasteiger charge is 2.32. The van der Waals surface area contributed by atoms with Gasteiger partial charge in [-0.3, -0.25) is 0 Å². The zero-order chi connectivity index (χ0) is 21.1. The molecule has 0 aliphatic heterocycles. The number of ether oxygens (including phenoxy) is 3. The van der Waals surface area contributed by atoms with Gasteiger partial charge in [0.05, 0.1) is 11.1 Å². The smallest absolute Gasteiger partial charge is 0.449 e. The summed E-state index contributed by atoms with van der Waals surface area (Å²) in [4.78, 5) is 36.7. The number of alkyl halides is 1. The largest absolute Gasteiger partial charge is 0.517 e. The average molecular weight is 423 g/mol. The molecule has 6 nitrogen and oxygen atoms in total. The van der Waals surface area contributed by atoms with E-state index in [9.17, 15) is 14.4 Å². The SMILES string of the molecule is O=C(OCCl)OC(=O)c1ccccc1C(=O)OC1c2ccccc2-c2ccccc21. The molecule has 3 aromatic rings. The van der Waals surface area contributed by atoms with Crippen molar-refractivity contribution < 1.29 is 28.6 Å². The van der Waals surface area contributed by atoms with Gasteiger partial charge in [0.15, 0.2) is 12.2 Å². The first-order valence-electron chi connectivity index (χ1n) is 9.03. The van der Waals surface area contributed by atoms with E-state index >= 15 is 0 Å². The lowest BCUT2D eigenvalue weighted by atomic mass is 10.1. The summed E-state index contributed by atoms with van der Waals surface area (Å²) in [5.41, 5.74) is 3.55. The van der Waals surface area contributed by atoms with Crippen molar-refractivity contribution in [3.05, 3.63) is 95.1 Å². The van der Waals surface area contributed by atoms with Crippen molar-refractivity contribution in [1.29, 1.82) is 0 Å². The second kappa shape index (κ2) is 8.39. The number of halogens is 1. The summed E-state index contributed by atoms with van der Waals surface area (Å²) in [6.07, 6.45) is -1.87. The van der Waals surface area contributed by atoms with Crippen LogP contribution in [0.4, 0.5) is 4.79 Å². The number of rotatable bonds is 4. The van der Waals surface area contributed by atoms with Gasteiger partial charge >= 0.3 is 18.1 Å². The van der Waals surface area contributed by atoms with Crippen molar-refractivity contribution in [1.82, 2.24) is 0 Å². The monoisotopic (exact) mass is 422 g/mol. The standard InChI is InChI=1S/C23H15ClO6/c24-13-28-23(27)30-22(26)19-12-6-5-11-18(19)21(25)29-20-16-9-3-1-7-14(16)15-8-2-4-10-17(15)20/h1-12,20H,13H2. The zero-order valence-corrected chi connectivity index (χ0v) is 16.3. The summed E-state index contributed by atoms with van der Waals surface area (Å²) in [5, 5.41) is 0. The second-order valence-electron chi connectivity index (χ2n) is 6.40. The van der Waals surface area contributed by atoms with Crippen molar-refractivity contribution in [2.24, 2.45) is 0 Å². The summed E-state index contributed by atoms with van der Waals surface area (Å²) in [6.45, 7) is 0. The molecule has 0 saturated heterocycles. The van der Waals surface area contributed by atoms with Gasteiger partial charge in [-0.15, -0.1) is 0 Å². The van der Waals surface area contributed by atoms with Gasteiger partial charge in [-0.05, 0) is 23.3 Å². The Kier molecular flexibility index (Phi) is 5.50. The summed E-state index contributed by atoms with van der Waals surface area (Å²) in [6, 6.07) is 20.8. The summed E-state index contributed by atoms with van der Waals surface area (Å²) in [7, 11) is 0. The third-order valence-corrected chi connectivity index (χ3v) is 4.83. The topological polar surface area (TPSA) is 78.9 Å². The van der Waals surface area contributed by atoms with E-state index in [1.54, 1.807) is 12.1 Å². The molecule has 0 unspecified atom stereocenters. The first-order chi connectivity index (χ1) is 14.6. The molecule has 0 fully saturated rings. The zero-order valence-electron chi connectivity index (χ0n) is 15.5. The van der Waals surface area contributed by atoms with Crippen molar-refractivity contribution in [2.45, 2.75) is 6.10 Å². The van der Waals surface area contributed by atoms with E-state index in [2.05, 4.69) is 9.47 Å². The molecule has 1 aliphatic carbocycles. The Morgan fingerprint density at radius 3 is 1.80 bits per heavy atom. The van der Waals surface area contributed by atoms with Crippen molar-refractivity contribution >= 4 is 29.7 Å². The van der Waals surface area contributed by atoms with Crippen LogP contribution in [0, 0.1) is 0 Å². The molecular weight excluding hydrogens is 408 g/mol. The van der Waals surface area contributed by atoms with E-state index in [1.807, 2.05) is 48.5 Å². The molecule has 0 atom stereocenters. The molecular formula is C23H15ClO6. The number of benzene rings is 3. The molecule has 3 aromatic carbocycles. The van der Waals surface area contributed by atoms with Crippen LogP contribution in [0.3, 0.4) is 0 Å². The van der Waals surface area contributed by atoms with Gasteiger partial charge in [0, 0.05) is 11.1 Å². The van der Waals surface area contributed by atoms with E-state index < -0.39 is 30.3 Å². The first-order valence-corrected chi connectivity index (χ1v) is 9.56. The first kappa shape index (κ1) is 19.7. The van der Waals surface area contributed by atoms with Crippen molar-refractivity contribution in [2.75, 3.05) is 6.07 Å². The molecule has 0 spiro atoms. The number of carbonyl (C=O) groups excluding carboxylic acids is 3. The van der Waals surface area contributed by atoms with Gasteiger partial charge in [0.1, 0.15) is 0 Å². The maximum Gasteiger partial charge on any atom is 0.517 e. The molecule has 0 radical (unpaired) electrons. The lowest BCUT2D eigenvalue weighted by Crippen LogP contribution is -2.18. The van der Waals surface area contributed by atoms with E-state index in [-0.39, 0.29) is 11.1 Å². The average Bonchev–Trinajstić information content (AvgIpc) is 3.08. The number of esters is 2. The molecule has 0 amide bonds. The van der Waals surface area contributed by atoms with Gasteiger partial charge in [-0.25, -0.2) is 14.4 Å². The lowest BCUT2D eigenvalue weighted by molar-refractivity contribution is 0.0356. The van der Waals surface area contributed by atoms with Crippen LogP contribution in [0.5, 0.6) is 0 Å². The Labute approximate surface area is 176 Å². The Bertz CT molecular complexity index is 1090. The lowest BCUT2D eigenvalue weighted by Gasteiger charge is -2.16. The second-order valence-corrected chi connectivity index (χ2v) is 6.62. The van der Waals surface area contributed by atoms with Gasteiger partial charge in [0.2, 0.25) is 0 Å². The maximum atomic E-state index is 13.0. The maximum absolute atomic E-state index is 13.0. The number of carbonyl (C=O) groups is 3. The van der Waals surface area contributed by atoms with Gasteiger partial charge < -0.3 is 14.2 Å². The van der Waals surface area contributed by atoms with E-state index in [1.165, 1.54) is 12.1 Å². The molecule has 0 bridgehead atoms. The van der Waals surface area contributed by atoms with Crippen LogP contribution in [0.25, 0.3) is 11.1 Å². The molecule has 0 saturated carbocycles. The van der Waals surface area contributed by atoms with Gasteiger partial charge in [-0.1, -0.05) is 72.3 Å². The third kappa shape index (κ3) is 3.65. The van der Waals surface area contributed by atoms with Gasteiger partial charge in [-0.2, -0.15) is 0 Å². The summed E-state index contributed by atoms with van der Waals surface area (Å²) in [5.74, 6) is -1.75. The molecule has 7 heteroatoms. The minimum atomic E-state index is -1.25. The molecule has 4 rings (SSSR count). The van der Waals surface area contributed by atoms with Crippen molar-refractivity contribution in [3.8, 4) is 11.1 Å². The minimum absolute atomic E-state index is 0.0250. The van der Waals surface area contributed by atoms with Crippen LogP contribution < -0.4 is 0 Å². The van der Waals surface area contributed by atoms with Crippen LogP contribution in [-0.4, -0.2) is 24.2 Å². The summed E-state index contributed by atoms with van der Waals surface area (Å²) >= 11 is 5.28. The van der Waals surface area contributed by atoms with Crippen LogP contribution in [0.1, 0.15) is 37.9 Å². The molecule has 1 aliphatic rings. The third-order valence-electron chi connectivity index (χ3n) is 4.72. The van der Waals surface area contributed by atoms with Crippen LogP contribution >= 0.6 is 11.6 Å². The van der Waals surface area contributed by atoms with Crippen LogP contribution in [0.2, 0.25) is 0 Å². The Morgan fingerprint density at radius 2 is 1.23 bits per heavy atom.